The van der Waals surface area contributed by atoms with E-state index in [4.69, 9.17) is 19.3 Å². The molecular weight excluding hydrogens is 256 g/mol. The lowest BCUT2D eigenvalue weighted by atomic mass is 9.98. The van der Waals surface area contributed by atoms with Crippen molar-refractivity contribution in [3.8, 4) is 0 Å². The second-order valence-electron chi connectivity index (χ2n) is 5.08. The number of rotatable bonds is 5. The molecule has 7 heteroatoms. The number of carbonyl (C=O) groups is 1. The Labute approximate surface area is 112 Å². The van der Waals surface area contributed by atoms with Crippen molar-refractivity contribution in [1.29, 1.82) is 0 Å². The van der Waals surface area contributed by atoms with Crippen molar-refractivity contribution in [1.82, 2.24) is 0 Å². The Morgan fingerprint density at radius 3 is 2.00 bits per heavy atom. The van der Waals surface area contributed by atoms with Gasteiger partial charge in [0.1, 0.15) is 18.3 Å². The first-order valence-corrected chi connectivity index (χ1v) is 6.29. The summed E-state index contributed by atoms with van der Waals surface area (Å²) in [5.41, 5.74) is 0. The number of carboxylic acids is 1. The van der Waals surface area contributed by atoms with Gasteiger partial charge in [0, 0.05) is 0 Å². The highest BCUT2D eigenvalue weighted by Crippen LogP contribution is 2.26. The first-order valence-electron chi connectivity index (χ1n) is 6.29. The molecular formula is C12H22O7. The van der Waals surface area contributed by atoms with E-state index >= 15 is 0 Å². The molecule has 1 aliphatic heterocycles. The van der Waals surface area contributed by atoms with Crippen LogP contribution in [0.25, 0.3) is 0 Å². The molecule has 0 spiro atoms. The van der Waals surface area contributed by atoms with E-state index in [0.29, 0.717) is 0 Å². The van der Waals surface area contributed by atoms with Crippen molar-refractivity contribution < 1.29 is 34.3 Å². The summed E-state index contributed by atoms with van der Waals surface area (Å²) in [6.45, 7) is 6.84. The van der Waals surface area contributed by atoms with Crippen LogP contribution in [0.2, 0.25) is 0 Å². The Morgan fingerprint density at radius 2 is 1.58 bits per heavy atom. The lowest BCUT2D eigenvalue weighted by molar-refractivity contribution is -0.310. The maximum Gasteiger partial charge on any atom is 0.335 e. The summed E-state index contributed by atoms with van der Waals surface area (Å²) >= 11 is 0. The third-order valence-corrected chi connectivity index (χ3v) is 2.62. The van der Waals surface area contributed by atoms with Crippen LogP contribution in [0.5, 0.6) is 0 Å². The SMILES string of the molecule is CC(C)O[C@H]1OC(C(=O)O)[C@H](OC(C)C)C(O)C1O. The number of aliphatic carboxylic acids is 1. The molecule has 5 atom stereocenters. The molecule has 3 unspecified atom stereocenters. The Hall–Kier alpha value is -0.730. The standard InChI is InChI=1S/C12H22O7/c1-5(2)17-9-7(13)8(14)12(18-6(3)4)19-10(9)11(15)16/h5-10,12-14H,1-4H3,(H,15,16)/t7?,8?,9-,10?,12+/m1/s1. The molecule has 0 aromatic heterocycles. The van der Waals surface area contributed by atoms with Crippen LogP contribution in [-0.2, 0) is 19.0 Å². The molecule has 1 aliphatic rings. The quantitative estimate of drug-likeness (QED) is 0.636. The zero-order chi connectivity index (χ0) is 14.7. The van der Waals surface area contributed by atoms with E-state index in [1.165, 1.54) is 0 Å². The van der Waals surface area contributed by atoms with Gasteiger partial charge in [-0.25, -0.2) is 4.79 Å². The lowest BCUT2D eigenvalue weighted by Crippen LogP contribution is -2.61. The van der Waals surface area contributed by atoms with Crippen LogP contribution in [0, 0.1) is 0 Å². The van der Waals surface area contributed by atoms with E-state index in [1.54, 1.807) is 27.7 Å². The topological polar surface area (TPSA) is 105 Å². The predicted molar refractivity (Wildman–Crippen MR) is 64.5 cm³/mol. The van der Waals surface area contributed by atoms with Gasteiger partial charge in [-0.1, -0.05) is 0 Å². The third kappa shape index (κ3) is 4.12. The molecule has 19 heavy (non-hydrogen) atoms. The van der Waals surface area contributed by atoms with Gasteiger partial charge in [0.2, 0.25) is 0 Å². The molecule has 0 saturated carbocycles. The average Bonchev–Trinajstić information content (AvgIpc) is 2.27. The second kappa shape index (κ2) is 6.62. The van der Waals surface area contributed by atoms with Gasteiger partial charge in [0.25, 0.3) is 0 Å². The second-order valence-corrected chi connectivity index (χ2v) is 5.08. The van der Waals surface area contributed by atoms with Gasteiger partial charge in [0.15, 0.2) is 12.4 Å². The van der Waals surface area contributed by atoms with Gasteiger partial charge in [-0.05, 0) is 27.7 Å². The van der Waals surface area contributed by atoms with E-state index in [1.807, 2.05) is 0 Å². The summed E-state index contributed by atoms with van der Waals surface area (Å²) < 4.78 is 15.8. The molecule has 1 rings (SSSR count). The zero-order valence-electron chi connectivity index (χ0n) is 11.5. The highest BCUT2D eigenvalue weighted by molar-refractivity contribution is 5.73. The van der Waals surface area contributed by atoms with E-state index in [2.05, 4.69) is 0 Å². The summed E-state index contributed by atoms with van der Waals surface area (Å²) in [5.74, 6) is -1.27. The van der Waals surface area contributed by atoms with Crippen molar-refractivity contribution >= 4 is 5.97 Å². The fourth-order valence-electron chi connectivity index (χ4n) is 1.88. The van der Waals surface area contributed by atoms with Gasteiger partial charge in [-0.2, -0.15) is 0 Å². The fraction of sp³-hybridized carbons (Fsp3) is 0.917. The molecule has 0 bridgehead atoms. The van der Waals surface area contributed by atoms with Gasteiger partial charge in [-0.15, -0.1) is 0 Å². The Kier molecular flexibility index (Phi) is 5.69. The molecule has 1 fully saturated rings. The molecule has 0 aromatic carbocycles. The molecule has 0 aromatic rings. The van der Waals surface area contributed by atoms with Crippen LogP contribution in [-0.4, -0.2) is 64.2 Å². The first kappa shape index (κ1) is 16.3. The molecule has 112 valence electrons. The van der Waals surface area contributed by atoms with Crippen LogP contribution in [0.15, 0.2) is 0 Å². The smallest absolute Gasteiger partial charge is 0.335 e. The van der Waals surface area contributed by atoms with Crippen molar-refractivity contribution in [3.63, 3.8) is 0 Å². The minimum absolute atomic E-state index is 0.274. The molecule has 7 nitrogen and oxygen atoms in total. The molecule has 1 heterocycles. The summed E-state index contributed by atoms with van der Waals surface area (Å²) in [6, 6.07) is 0. The Balaban J connectivity index is 2.87. The fourth-order valence-corrected chi connectivity index (χ4v) is 1.88. The van der Waals surface area contributed by atoms with Crippen LogP contribution < -0.4 is 0 Å². The molecule has 3 N–H and O–H groups in total. The number of ether oxygens (including phenoxy) is 3. The van der Waals surface area contributed by atoms with E-state index in [-0.39, 0.29) is 12.2 Å². The van der Waals surface area contributed by atoms with Gasteiger partial charge >= 0.3 is 5.97 Å². The summed E-state index contributed by atoms with van der Waals surface area (Å²) in [7, 11) is 0. The normalized spacial score (nSPS) is 35.9. The lowest BCUT2D eigenvalue weighted by Gasteiger charge is -2.41. The predicted octanol–water partition coefficient (Wildman–Crippen LogP) is -0.264. The van der Waals surface area contributed by atoms with Crippen LogP contribution in [0.4, 0.5) is 0 Å². The monoisotopic (exact) mass is 278 g/mol. The zero-order valence-corrected chi connectivity index (χ0v) is 11.5. The first-order chi connectivity index (χ1) is 8.73. The number of hydrogen-bond acceptors (Lipinski definition) is 6. The van der Waals surface area contributed by atoms with Crippen molar-refractivity contribution in [3.05, 3.63) is 0 Å². The van der Waals surface area contributed by atoms with Crippen LogP contribution >= 0.6 is 0 Å². The van der Waals surface area contributed by atoms with E-state index in [9.17, 15) is 15.0 Å². The van der Waals surface area contributed by atoms with Crippen molar-refractivity contribution in [2.45, 2.75) is 70.6 Å². The summed E-state index contributed by atoms with van der Waals surface area (Å²) in [4.78, 5) is 11.2. The van der Waals surface area contributed by atoms with Crippen LogP contribution in [0.3, 0.4) is 0 Å². The number of aliphatic hydroxyl groups excluding tert-OH is 2. The molecule has 1 saturated heterocycles. The maximum atomic E-state index is 11.2. The Bertz CT molecular complexity index is 304. The van der Waals surface area contributed by atoms with E-state index in [0.717, 1.165) is 0 Å². The molecule has 0 amide bonds. The van der Waals surface area contributed by atoms with Crippen LogP contribution in [0.1, 0.15) is 27.7 Å². The minimum Gasteiger partial charge on any atom is -0.479 e. The van der Waals surface area contributed by atoms with Crippen molar-refractivity contribution in [2.24, 2.45) is 0 Å². The molecule has 0 aliphatic carbocycles. The number of carboxylic acid groups (broad SMARTS) is 1. The Morgan fingerprint density at radius 1 is 1.05 bits per heavy atom. The number of aliphatic hydroxyl groups is 2. The summed E-state index contributed by atoms with van der Waals surface area (Å²) in [5, 5.41) is 29.0. The highest BCUT2D eigenvalue weighted by atomic mass is 16.7. The van der Waals surface area contributed by atoms with Gasteiger partial charge < -0.3 is 29.5 Å². The largest absolute Gasteiger partial charge is 0.479 e. The highest BCUT2D eigenvalue weighted by Gasteiger charge is 2.49. The maximum absolute atomic E-state index is 11.2. The average molecular weight is 278 g/mol. The number of hydrogen-bond donors (Lipinski definition) is 3. The van der Waals surface area contributed by atoms with Crippen molar-refractivity contribution in [2.75, 3.05) is 0 Å². The van der Waals surface area contributed by atoms with E-state index < -0.39 is 36.7 Å². The minimum atomic E-state index is -1.39. The third-order valence-electron chi connectivity index (χ3n) is 2.62. The summed E-state index contributed by atoms with van der Waals surface area (Å²) in [6.07, 6.45) is -7.04. The van der Waals surface area contributed by atoms with Gasteiger partial charge in [-0.3, -0.25) is 0 Å². The molecule has 0 radical (unpaired) electrons. The van der Waals surface area contributed by atoms with Gasteiger partial charge in [0.05, 0.1) is 12.2 Å².